The fraction of sp³-hybridized carbons (Fsp3) is 0.368. The van der Waals surface area contributed by atoms with Crippen molar-refractivity contribution in [2.24, 2.45) is 0 Å². The van der Waals surface area contributed by atoms with Crippen molar-refractivity contribution in [2.75, 3.05) is 25.3 Å². The highest BCUT2D eigenvalue weighted by Gasteiger charge is 2.35. The van der Waals surface area contributed by atoms with Gasteiger partial charge >= 0.3 is 6.09 Å². The van der Waals surface area contributed by atoms with Gasteiger partial charge in [-0.05, 0) is 31.0 Å². The van der Waals surface area contributed by atoms with E-state index >= 15 is 0 Å². The average molecular weight is 480 g/mol. The number of nitrogens with one attached hydrogen (secondary N) is 2. The van der Waals surface area contributed by atoms with Crippen LogP contribution in [0.15, 0.2) is 16.6 Å². The summed E-state index contributed by atoms with van der Waals surface area (Å²) in [6.45, 7) is 3.33. The number of carbonyl (C=O) groups is 2. The lowest BCUT2D eigenvalue weighted by Gasteiger charge is -2.28. The van der Waals surface area contributed by atoms with Gasteiger partial charge in [0.1, 0.15) is 11.2 Å². The highest BCUT2D eigenvalue weighted by Crippen LogP contribution is 2.44. The zero-order chi connectivity index (χ0) is 20.1. The van der Waals surface area contributed by atoms with E-state index in [1.807, 2.05) is 12.1 Å². The van der Waals surface area contributed by atoms with Crippen LogP contribution in [0.5, 0.6) is 11.5 Å². The third-order valence-electron chi connectivity index (χ3n) is 5.16. The average Bonchev–Trinajstić information content (AvgIpc) is 3.30. The Morgan fingerprint density at radius 1 is 1.34 bits per heavy atom. The Hall–Kier alpha value is -2.46. The highest BCUT2D eigenvalue weighted by molar-refractivity contribution is 9.10. The summed E-state index contributed by atoms with van der Waals surface area (Å²) in [5, 5.41) is 7.28. The topological polar surface area (TPSA) is 89.1 Å². The van der Waals surface area contributed by atoms with E-state index in [0.717, 1.165) is 25.5 Å². The van der Waals surface area contributed by atoms with E-state index in [1.165, 1.54) is 11.3 Å². The molecular weight excluding hydrogens is 462 g/mol. The molecule has 0 bridgehead atoms. The first-order valence-electron chi connectivity index (χ1n) is 9.27. The summed E-state index contributed by atoms with van der Waals surface area (Å²) in [4.78, 5) is 27.7. The fourth-order valence-electron chi connectivity index (χ4n) is 3.80. The molecule has 8 nitrogen and oxygen atoms in total. The van der Waals surface area contributed by atoms with Crippen molar-refractivity contribution >= 4 is 44.3 Å². The third kappa shape index (κ3) is 3.10. The fourth-order valence-corrected chi connectivity index (χ4v) is 5.64. The SMILES string of the molecule is CCOC(=O)N1CCc2c(sc3c2C(=O)NC(c2cc4c(cc2Br)OCO4)N3)C1. The van der Waals surface area contributed by atoms with Crippen molar-refractivity contribution in [1.29, 1.82) is 0 Å². The van der Waals surface area contributed by atoms with E-state index in [1.54, 1.807) is 11.8 Å². The van der Waals surface area contributed by atoms with Gasteiger partial charge in [-0.1, -0.05) is 15.9 Å². The number of rotatable bonds is 2. The number of carbonyl (C=O) groups excluding carboxylic acids is 2. The summed E-state index contributed by atoms with van der Waals surface area (Å²) in [5.74, 6) is 1.21. The minimum Gasteiger partial charge on any atom is -0.454 e. The zero-order valence-electron chi connectivity index (χ0n) is 15.5. The molecule has 0 aliphatic carbocycles. The lowest BCUT2D eigenvalue weighted by molar-refractivity contribution is 0.0934. The number of amides is 2. The number of anilines is 1. The lowest BCUT2D eigenvalue weighted by atomic mass is 10.0. The molecule has 5 rings (SSSR count). The van der Waals surface area contributed by atoms with E-state index in [2.05, 4.69) is 26.6 Å². The maximum Gasteiger partial charge on any atom is 0.410 e. The molecule has 2 N–H and O–H groups in total. The molecule has 0 fully saturated rings. The van der Waals surface area contributed by atoms with Crippen molar-refractivity contribution in [1.82, 2.24) is 10.2 Å². The van der Waals surface area contributed by atoms with Crippen LogP contribution in [0.4, 0.5) is 9.80 Å². The molecule has 3 aliphatic heterocycles. The molecule has 0 radical (unpaired) electrons. The number of ether oxygens (including phenoxy) is 3. The molecule has 1 unspecified atom stereocenters. The summed E-state index contributed by atoms with van der Waals surface area (Å²) >= 11 is 5.08. The minimum absolute atomic E-state index is 0.115. The Morgan fingerprint density at radius 2 is 2.14 bits per heavy atom. The Bertz CT molecular complexity index is 1020. The van der Waals surface area contributed by atoms with Crippen LogP contribution in [0, 0.1) is 0 Å². The van der Waals surface area contributed by atoms with Gasteiger partial charge in [0.15, 0.2) is 11.5 Å². The van der Waals surface area contributed by atoms with Gasteiger partial charge in [0, 0.05) is 21.5 Å². The van der Waals surface area contributed by atoms with Crippen LogP contribution in [0.25, 0.3) is 0 Å². The molecule has 2 aromatic rings. The molecular formula is C19H18BrN3O5S. The number of hydrogen-bond donors (Lipinski definition) is 2. The number of thiophene rings is 1. The molecule has 1 aromatic carbocycles. The van der Waals surface area contributed by atoms with E-state index in [-0.39, 0.29) is 18.8 Å². The second-order valence-electron chi connectivity index (χ2n) is 6.86. The second kappa shape index (κ2) is 7.10. The maximum absolute atomic E-state index is 12.9. The van der Waals surface area contributed by atoms with E-state index < -0.39 is 6.17 Å². The first-order valence-corrected chi connectivity index (χ1v) is 10.9. The van der Waals surface area contributed by atoms with Gasteiger partial charge in [-0.3, -0.25) is 4.79 Å². The summed E-state index contributed by atoms with van der Waals surface area (Å²) in [5.41, 5.74) is 2.55. The predicted octanol–water partition coefficient (Wildman–Crippen LogP) is 3.61. The van der Waals surface area contributed by atoms with Crippen LogP contribution in [0.3, 0.4) is 0 Å². The van der Waals surface area contributed by atoms with Crippen LogP contribution in [0.1, 0.15) is 39.5 Å². The van der Waals surface area contributed by atoms with E-state index in [0.29, 0.717) is 43.2 Å². The number of hydrogen-bond acceptors (Lipinski definition) is 7. The Balaban J connectivity index is 1.44. The van der Waals surface area contributed by atoms with Crippen LogP contribution in [0.2, 0.25) is 0 Å². The van der Waals surface area contributed by atoms with Crippen molar-refractivity contribution in [3.8, 4) is 11.5 Å². The molecule has 0 saturated heterocycles. The van der Waals surface area contributed by atoms with Gasteiger partial charge in [0.25, 0.3) is 5.91 Å². The first kappa shape index (κ1) is 18.6. The maximum atomic E-state index is 12.9. The summed E-state index contributed by atoms with van der Waals surface area (Å²) < 4.78 is 16.8. The third-order valence-corrected chi connectivity index (χ3v) is 7.00. The van der Waals surface area contributed by atoms with Gasteiger partial charge in [0.05, 0.1) is 18.7 Å². The minimum atomic E-state index is -0.403. The molecule has 29 heavy (non-hydrogen) atoms. The zero-order valence-corrected chi connectivity index (χ0v) is 17.9. The molecule has 2 amide bonds. The van der Waals surface area contributed by atoms with Crippen LogP contribution in [-0.4, -0.2) is 36.8 Å². The number of nitrogens with zero attached hydrogens (tertiary/aromatic N) is 1. The molecule has 4 heterocycles. The quantitative estimate of drug-likeness (QED) is 0.683. The predicted molar refractivity (Wildman–Crippen MR) is 110 cm³/mol. The molecule has 0 saturated carbocycles. The summed E-state index contributed by atoms with van der Waals surface area (Å²) in [7, 11) is 0. The normalized spacial score (nSPS) is 19.2. The van der Waals surface area contributed by atoms with Crippen LogP contribution < -0.4 is 20.1 Å². The van der Waals surface area contributed by atoms with E-state index in [4.69, 9.17) is 14.2 Å². The van der Waals surface area contributed by atoms with Gasteiger partial charge in [-0.25, -0.2) is 4.79 Å². The van der Waals surface area contributed by atoms with Gasteiger partial charge in [0.2, 0.25) is 6.79 Å². The molecule has 0 spiro atoms. The van der Waals surface area contributed by atoms with Crippen molar-refractivity contribution in [3.63, 3.8) is 0 Å². The molecule has 3 aliphatic rings. The summed E-state index contributed by atoms with van der Waals surface area (Å²) in [6, 6.07) is 3.71. The second-order valence-corrected chi connectivity index (χ2v) is 8.82. The van der Waals surface area contributed by atoms with Crippen molar-refractivity contribution in [3.05, 3.63) is 38.2 Å². The number of benzene rings is 1. The van der Waals surface area contributed by atoms with Gasteiger partial charge < -0.3 is 29.7 Å². The summed E-state index contributed by atoms with van der Waals surface area (Å²) in [6.07, 6.45) is -0.0859. The smallest absolute Gasteiger partial charge is 0.410 e. The lowest BCUT2D eigenvalue weighted by Crippen LogP contribution is -2.39. The molecule has 1 aromatic heterocycles. The van der Waals surface area contributed by atoms with Gasteiger partial charge in [-0.2, -0.15) is 0 Å². The Labute approximate surface area is 179 Å². The van der Waals surface area contributed by atoms with E-state index in [9.17, 15) is 9.59 Å². The highest BCUT2D eigenvalue weighted by atomic mass is 79.9. The first-order chi connectivity index (χ1) is 14.0. The largest absolute Gasteiger partial charge is 0.454 e. The van der Waals surface area contributed by atoms with Crippen molar-refractivity contribution < 1.29 is 23.8 Å². The standard InChI is InChI=1S/C19H18BrN3O5S/c1-2-26-19(25)23-4-3-9-14(7-23)29-18-15(9)17(24)21-16(22-18)10-5-12-13(6-11(10)20)28-8-27-12/h5-6,16,22H,2-4,7-8H2,1H3,(H,21,24). The van der Waals surface area contributed by atoms with Crippen molar-refractivity contribution in [2.45, 2.75) is 26.1 Å². The monoisotopic (exact) mass is 479 g/mol. The van der Waals surface area contributed by atoms with Gasteiger partial charge in [-0.15, -0.1) is 11.3 Å². The molecule has 10 heteroatoms. The Kier molecular flexibility index (Phi) is 4.54. The Morgan fingerprint density at radius 3 is 2.93 bits per heavy atom. The van der Waals surface area contributed by atoms with Crippen LogP contribution >= 0.6 is 27.3 Å². The molecule has 1 atom stereocenters. The number of fused-ring (bicyclic) bond motifs is 4. The number of halogens is 1. The van der Waals surface area contributed by atoms with Crippen LogP contribution in [-0.2, 0) is 17.7 Å². The molecule has 152 valence electrons.